The van der Waals surface area contributed by atoms with E-state index in [2.05, 4.69) is 17.0 Å². The maximum atomic E-state index is 8.92. The van der Waals surface area contributed by atoms with Crippen LogP contribution in [0.15, 0.2) is 18.2 Å². The zero-order valence-electron chi connectivity index (χ0n) is 8.45. The van der Waals surface area contributed by atoms with Gasteiger partial charge in [0, 0.05) is 18.8 Å². The summed E-state index contributed by atoms with van der Waals surface area (Å²) in [6.45, 7) is 4.30. The van der Waals surface area contributed by atoms with Crippen LogP contribution in [0.5, 0.6) is 0 Å². The lowest BCUT2D eigenvalue weighted by atomic mass is 10.1. The summed E-state index contributed by atoms with van der Waals surface area (Å²) in [7, 11) is 0. The zero-order chi connectivity index (χ0) is 9.97. The summed E-state index contributed by atoms with van der Waals surface area (Å²) in [4.78, 5) is 2.37. The summed E-state index contributed by atoms with van der Waals surface area (Å²) in [5.41, 5.74) is 3.16. The molecule has 0 N–H and O–H groups in total. The van der Waals surface area contributed by atoms with Crippen LogP contribution in [-0.4, -0.2) is 13.1 Å². The van der Waals surface area contributed by atoms with Crippen molar-refractivity contribution < 1.29 is 0 Å². The van der Waals surface area contributed by atoms with E-state index >= 15 is 0 Å². The van der Waals surface area contributed by atoms with Gasteiger partial charge in [-0.1, -0.05) is 6.07 Å². The predicted octanol–water partition coefficient (Wildman–Crippen LogP) is 2.47. The van der Waals surface area contributed by atoms with Crippen molar-refractivity contribution >= 4 is 5.69 Å². The van der Waals surface area contributed by atoms with Gasteiger partial charge < -0.3 is 4.90 Å². The van der Waals surface area contributed by atoms with Gasteiger partial charge in [0.2, 0.25) is 0 Å². The highest BCUT2D eigenvalue weighted by Gasteiger charge is 2.15. The second-order valence-electron chi connectivity index (χ2n) is 3.76. The Morgan fingerprint density at radius 2 is 2.00 bits per heavy atom. The average Bonchev–Trinajstić information content (AvgIpc) is 2.71. The highest BCUT2D eigenvalue weighted by molar-refractivity contribution is 5.59. The molecule has 1 heterocycles. The minimum atomic E-state index is 0.800. The molecule has 72 valence electrons. The number of rotatable bonds is 1. The van der Waals surface area contributed by atoms with Crippen molar-refractivity contribution in [3.05, 3.63) is 29.3 Å². The first-order chi connectivity index (χ1) is 6.83. The fourth-order valence-electron chi connectivity index (χ4n) is 2.05. The van der Waals surface area contributed by atoms with Gasteiger partial charge in [-0.05, 0) is 37.5 Å². The molecule has 1 aromatic carbocycles. The van der Waals surface area contributed by atoms with Gasteiger partial charge >= 0.3 is 0 Å². The van der Waals surface area contributed by atoms with E-state index in [0.717, 1.165) is 24.2 Å². The molecule has 0 spiro atoms. The number of hydrogen-bond donors (Lipinski definition) is 0. The minimum absolute atomic E-state index is 0.800. The Morgan fingerprint density at radius 3 is 2.64 bits per heavy atom. The maximum Gasteiger partial charge on any atom is 0.0995 e. The Balaban J connectivity index is 2.38. The number of nitrogens with zero attached hydrogens (tertiary/aromatic N) is 2. The second-order valence-corrected chi connectivity index (χ2v) is 3.76. The third-order valence-electron chi connectivity index (χ3n) is 2.87. The topological polar surface area (TPSA) is 27.0 Å². The van der Waals surface area contributed by atoms with Gasteiger partial charge in [-0.2, -0.15) is 5.26 Å². The molecule has 1 aliphatic heterocycles. The summed E-state index contributed by atoms with van der Waals surface area (Å²) in [6, 6.07) is 8.20. The molecule has 1 aromatic rings. The molecular formula is C12H14N2. The van der Waals surface area contributed by atoms with Gasteiger partial charge in [-0.3, -0.25) is 0 Å². The van der Waals surface area contributed by atoms with E-state index < -0.39 is 0 Å². The lowest BCUT2D eigenvalue weighted by molar-refractivity contribution is 0.949. The van der Waals surface area contributed by atoms with Crippen LogP contribution in [0.2, 0.25) is 0 Å². The van der Waals surface area contributed by atoms with Crippen molar-refractivity contribution in [3.63, 3.8) is 0 Å². The van der Waals surface area contributed by atoms with Gasteiger partial charge in [0.25, 0.3) is 0 Å². The van der Waals surface area contributed by atoms with E-state index in [1.165, 1.54) is 18.5 Å². The SMILES string of the molecule is Cc1c(C#N)cccc1N1CCCC1. The van der Waals surface area contributed by atoms with E-state index in [-0.39, 0.29) is 0 Å². The molecule has 1 fully saturated rings. The Kier molecular flexibility index (Phi) is 2.41. The molecule has 1 saturated heterocycles. The van der Waals surface area contributed by atoms with Crippen molar-refractivity contribution in [2.45, 2.75) is 19.8 Å². The quantitative estimate of drug-likeness (QED) is 0.673. The molecular weight excluding hydrogens is 172 g/mol. The molecule has 0 aromatic heterocycles. The van der Waals surface area contributed by atoms with Crippen LogP contribution < -0.4 is 4.90 Å². The van der Waals surface area contributed by atoms with E-state index in [1.54, 1.807) is 0 Å². The lowest BCUT2D eigenvalue weighted by Crippen LogP contribution is -2.18. The summed E-state index contributed by atoms with van der Waals surface area (Å²) < 4.78 is 0. The molecule has 0 saturated carbocycles. The molecule has 0 radical (unpaired) electrons. The van der Waals surface area contributed by atoms with Gasteiger partial charge in [0.05, 0.1) is 11.6 Å². The molecule has 0 aliphatic carbocycles. The summed E-state index contributed by atoms with van der Waals surface area (Å²) >= 11 is 0. The molecule has 0 unspecified atom stereocenters. The van der Waals surface area contributed by atoms with Crippen molar-refractivity contribution in [2.75, 3.05) is 18.0 Å². The van der Waals surface area contributed by atoms with Crippen molar-refractivity contribution in [1.29, 1.82) is 5.26 Å². The number of hydrogen-bond acceptors (Lipinski definition) is 2. The summed E-state index contributed by atoms with van der Waals surface area (Å²) in [5, 5.41) is 8.92. The Labute approximate surface area is 84.8 Å². The smallest absolute Gasteiger partial charge is 0.0995 e. The third kappa shape index (κ3) is 1.46. The number of nitriles is 1. The van der Waals surface area contributed by atoms with E-state index in [0.29, 0.717) is 0 Å². The van der Waals surface area contributed by atoms with Crippen molar-refractivity contribution in [2.24, 2.45) is 0 Å². The molecule has 1 aliphatic rings. The first-order valence-electron chi connectivity index (χ1n) is 5.07. The van der Waals surface area contributed by atoms with Crippen LogP contribution in [0.25, 0.3) is 0 Å². The second kappa shape index (κ2) is 3.71. The molecule has 0 atom stereocenters. The average molecular weight is 186 g/mol. The third-order valence-corrected chi connectivity index (χ3v) is 2.87. The normalized spacial score (nSPS) is 15.6. The fraction of sp³-hybridized carbons (Fsp3) is 0.417. The highest BCUT2D eigenvalue weighted by Crippen LogP contribution is 2.25. The van der Waals surface area contributed by atoms with E-state index in [1.807, 2.05) is 19.1 Å². The Bertz CT molecular complexity index is 370. The fourth-order valence-corrected chi connectivity index (χ4v) is 2.05. The number of anilines is 1. The van der Waals surface area contributed by atoms with Crippen LogP contribution in [0.3, 0.4) is 0 Å². The van der Waals surface area contributed by atoms with E-state index in [9.17, 15) is 0 Å². The standard InChI is InChI=1S/C12H14N2/c1-10-11(9-13)5-4-6-12(10)14-7-2-3-8-14/h4-6H,2-3,7-8H2,1H3. The van der Waals surface area contributed by atoms with Gasteiger partial charge in [-0.15, -0.1) is 0 Å². The first kappa shape index (κ1) is 9.08. The molecule has 2 rings (SSSR count). The van der Waals surface area contributed by atoms with Crippen LogP contribution >= 0.6 is 0 Å². The largest absolute Gasteiger partial charge is 0.371 e. The molecule has 0 amide bonds. The van der Waals surface area contributed by atoms with Crippen LogP contribution in [0, 0.1) is 18.3 Å². The molecule has 2 nitrogen and oxygen atoms in total. The van der Waals surface area contributed by atoms with Crippen molar-refractivity contribution in [1.82, 2.24) is 0 Å². The highest BCUT2D eigenvalue weighted by atomic mass is 15.1. The maximum absolute atomic E-state index is 8.92. The van der Waals surface area contributed by atoms with Crippen LogP contribution in [-0.2, 0) is 0 Å². The Morgan fingerprint density at radius 1 is 1.29 bits per heavy atom. The minimum Gasteiger partial charge on any atom is -0.371 e. The lowest BCUT2D eigenvalue weighted by Gasteiger charge is -2.20. The molecule has 0 bridgehead atoms. The van der Waals surface area contributed by atoms with Crippen LogP contribution in [0.1, 0.15) is 24.0 Å². The molecule has 14 heavy (non-hydrogen) atoms. The van der Waals surface area contributed by atoms with Gasteiger partial charge in [0.15, 0.2) is 0 Å². The number of benzene rings is 1. The Hall–Kier alpha value is -1.49. The van der Waals surface area contributed by atoms with Crippen LogP contribution in [0.4, 0.5) is 5.69 Å². The monoisotopic (exact) mass is 186 g/mol. The summed E-state index contributed by atoms with van der Waals surface area (Å²) in [5.74, 6) is 0. The first-order valence-corrected chi connectivity index (χ1v) is 5.07. The van der Waals surface area contributed by atoms with E-state index in [4.69, 9.17) is 5.26 Å². The predicted molar refractivity (Wildman–Crippen MR) is 57.3 cm³/mol. The zero-order valence-corrected chi connectivity index (χ0v) is 8.45. The van der Waals surface area contributed by atoms with Crippen molar-refractivity contribution in [3.8, 4) is 6.07 Å². The summed E-state index contributed by atoms with van der Waals surface area (Å²) in [6.07, 6.45) is 2.55. The molecule has 2 heteroatoms. The van der Waals surface area contributed by atoms with Gasteiger partial charge in [-0.25, -0.2) is 0 Å². The van der Waals surface area contributed by atoms with Gasteiger partial charge in [0.1, 0.15) is 0 Å².